The molecule has 3 aliphatic rings. The van der Waals surface area contributed by atoms with E-state index in [2.05, 4.69) is 0 Å². The van der Waals surface area contributed by atoms with Crippen LogP contribution >= 0.6 is 0 Å². The van der Waals surface area contributed by atoms with Gasteiger partial charge < -0.3 is 10.5 Å². The van der Waals surface area contributed by atoms with Gasteiger partial charge in [-0.3, -0.25) is 0 Å². The molecule has 2 saturated carbocycles. The molecule has 0 radical (unpaired) electrons. The molecular formula is C10H17NO. The minimum atomic E-state index is 0.565. The number of hydrogen-bond acceptors (Lipinski definition) is 2. The van der Waals surface area contributed by atoms with Crippen molar-refractivity contribution in [3.63, 3.8) is 0 Å². The van der Waals surface area contributed by atoms with Gasteiger partial charge in [0.25, 0.3) is 0 Å². The van der Waals surface area contributed by atoms with Crippen LogP contribution in [0.2, 0.25) is 0 Å². The molecule has 2 nitrogen and oxygen atoms in total. The average molecular weight is 167 g/mol. The Morgan fingerprint density at radius 2 is 2.25 bits per heavy atom. The van der Waals surface area contributed by atoms with Crippen molar-refractivity contribution in [3.05, 3.63) is 0 Å². The van der Waals surface area contributed by atoms with Crippen LogP contribution in [0.4, 0.5) is 0 Å². The molecule has 2 heteroatoms. The Balaban J connectivity index is 1.84. The first kappa shape index (κ1) is 7.34. The minimum Gasteiger partial charge on any atom is -0.377 e. The van der Waals surface area contributed by atoms with Gasteiger partial charge in [-0.05, 0) is 37.6 Å². The van der Waals surface area contributed by atoms with Crippen LogP contribution < -0.4 is 5.73 Å². The van der Waals surface area contributed by atoms with Crippen LogP contribution in [0.3, 0.4) is 0 Å². The van der Waals surface area contributed by atoms with Gasteiger partial charge in [-0.2, -0.15) is 0 Å². The van der Waals surface area contributed by atoms with E-state index in [1.807, 2.05) is 0 Å². The Morgan fingerprint density at radius 1 is 1.42 bits per heavy atom. The first-order valence-electron chi connectivity index (χ1n) is 5.20. The van der Waals surface area contributed by atoms with Crippen LogP contribution in [0.25, 0.3) is 0 Å². The molecule has 3 unspecified atom stereocenters. The molecule has 3 rings (SSSR count). The van der Waals surface area contributed by atoms with Crippen molar-refractivity contribution in [1.82, 2.24) is 0 Å². The van der Waals surface area contributed by atoms with Crippen molar-refractivity contribution in [3.8, 4) is 0 Å². The fraction of sp³-hybridized carbons (Fsp3) is 1.00. The zero-order valence-electron chi connectivity index (χ0n) is 7.46. The summed E-state index contributed by atoms with van der Waals surface area (Å²) in [6.07, 6.45) is 6.06. The zero-order chi connectivity index (χ0) is 8.18. The lowest BCUT2D eigenvalue weighted by atomic mass is 9.43. The van der Waals surface area contributed by atoms with E-state index >= 15 is 0 Å². The smallest absolute Gasteiger partial charge is 0.0666 e. The van der Waals surface area contributed by atoms with Gasteiger partial charge in [0.15, 0.2) is 0 Å². The third-order valence-electron chi connectivity index (χ3n) is 4.50. The zero-order valence-corrected chi connectivity index (χ0v) is 7.46. The Morgan fingerprint density at radius 3 is 2.83 bits per heavy atom. The molecule has 2 N–H and O–H groups in total. The summed E-state index contributed by atoms with van der Waals surface area (Å²) in [6, 6.07) is 0. The lowest BCUT2D eigenvalue weighted by Gasteiger charge is -2.63. The van der Waals surface area contributed by atoms with Crippen molar-refractivity contribution in [2.24, 2.45) is 23.0 Å². The highest BCUT2D eigenvalue weighted by molar-refractivity contribution is 5.14. The quantitative estimate of drug-likeness (QED) is 0.636. The lowest BCUT2D eigenvalue weighted by Crippen LogP contribution is -2.64. The first-order valence-corrected chi connectivity index (χ1v) is 5.20. The van der Waals surface area contributed by atoms with Crippen LogP contribution in [0.15, 0.2) is 0 Å². The van der Waals surface area contributed by atoms with Crippen molar-refractivity contribution >= 4 is 0 Å². The Hall–Kier alpha value is -0.0800. The second-order valence-corrected chi connectivity index (χ2v) is 4.67. The van der Waals surface area contributed by atoms with Gasteiger partial charge in [-0.1, -0.05) is 6.42 Å². The lowest BCUT2D eigenvalue weighted by molar-refractivity contribution is -0.197. The van der Waals surface area contributed by atoms with Crippen molar-refractivity contribution in [2.45, 2.75) is 31.8 Å². The second-order valence-electron chi connectivity index (χ2n) is 4.67. The summed E-state index contributed by atoms with van der Waals surface area (Å²) in [4.78, 5) is 0. The number of rotatable bonds is 1. The molecule has 1 spiro atoms. The predicted octanol–water partition coefficient (Wildman–Crippen LogP) is 1.15. The van der Waals surface area contributed by atoms with E-state index in [0.717, 1.165) is 25.0 Å². The van der Waals surface area contributed by atoms with Crippen LogP contribution in [0.5, 0.6) is 0 Å². The molecule has 0 amide bonds. The highest BCUT2D eigenvalue weighted by Crippen LogP contribution is 2.66. The molecule has 12 heavy (non-hydrogen) atoms. The van der Waals surface area contributed by atoms with Gasteiger partial charge >= 0.3 is 0 Å². The average Bonchev–Trinajstić information content (AvgIpc) is 2.32. The summed E-state index contributed by atoms with van der Waals surface area (Å²) in [5.74, 6) is 1.63. The number of nitrogens with two attached hydrogens (primary N) is 1. The van der Waals surface area contributed by atoms with Crippen molar-refractivity contribution < 1.29 is 4.74 Å². The first-order chi connectivity index (χ1) is 5.88. The molecule has 0 aromatic heterocycles. The fourth-order valence-corrected chi connectivity index (χ4v) is 3.78. The summed E-state index contributed by atoms with van der Waals surface area (Å²) in [6.45, 7) is 1.89. The van der Waals surface area contributed by atoms with Crippen LogP contribution in [0.1, 0.15) is 25.7 Å². The van der Waals surface area contributed by atoms with Gasteiger partial charge in [0.2, 0.25) is 0 Å². The van der Waals surface area contributed by atoms with Crippen LogP contribution in [0, 0.1) is 17.3 Å². The SMILES string of the molecule is NCC1C2CCOC2C12CCC2. The normalized spacial score (nSPS) is 48.2. The third kappa shape index (κ3) is 0.612. The summed E-state index contributed by atoms with van der Waals surface area (Å²) in [5.41, 5.74) is 6.38. The standard InChI is InChI=1S/C10H17NO/c11-6-8-7-2-5-12-9(7)10(8)3-1-4-10/h7-9H,1-6,11H2. The molecule has 1 saturated heterocycles. The highest BCUT2D eigenvalue weighted by Gasteiger charge is 2.65. The summed E-state index contributed by atoms with van der Waals surface area (Å²) < 4.78 is 5.79. The number of hydrogen-bond donors (Lipinski definition) is 1. The minimum absolute atomic E-state index is 0.565. The predicted molar refractivity (Wildman–Crippen MR) is 46.7 cm³/mol. The van der Waals surface area contributed by atoms with E-state index < -0.39 is 0 Å². The summed E-state index contributed by atoms with van der Waals surface area (Å²) in [7, 11) is 0. The molecule has 68 valence electrons. The largest absolute Gasteiger partial charge is 0.377 e. The maximum Gasteiger partial charge on any atom is 0.0666 e. The van der Waals surface area contributed by atoms with Crippen LogP contribution in [-0.2, 0) is 4.74 Å². The topological polar surface area (TPSA) is 35.2 Å². The Bertz CT molecular complexity index is 200. The molecule has 0 aromatic carbocycles. The molecule has 2 aliphatic carbocycles. The van der Waals surface area contributed by atoms with E-state index in [0.29, 0.717) is 11.5 Å². The second kappa shape index (κ2) is 2.24. The van der Waals surface area contributed by atoms with E-state index in [1.54, 1.807) is 0 Å². The summed E-state index contributed by atoms with van der Waals surface area (Å²) in [5, 5.41) is 0. The van der Waals surface area contributed by atoms with Gasteiger partial charge in [0, 0.05) is 12.0 Å². The van der Waals surface area contributed by atoms with E-state index in [-0.39, 0.29) is 0 Å². The van der Waals surface area contributed by atoms with Gasteiger partial charge in [0.05, 0.1) is 6.10 Å². The number of fused-ring (bicyclic) bond motifs is 2. The van der Waals surface area contributed by atoms with Gasteiger partial charge in [0.1, 0.15) is 0 Å². The van der Waals surface area contributed by atoms with Gasteiger partial charge in [-0.25, -0.2) is 0 Å². The monoisotopic (exact) mass is 167 g/mol. The molecule has 3 atom stereocenters. The molecule has 3 fully saturated rings. The molecule has 1 aliphatic heterocycles. The van der Waals surface area contributed by atoms with E-state index in [1.165, 1.54) is 25.7 Å². The van der Waals surface area contributed by atoms with E-state index in [9.17, 15) is 0 Å². The molecule has 0 bridgehead atoms. The Labute approximate surface area is 73.5 Å². The van der Waals surface area contributed by atoms with Crippen molar-refractivity contribution in [2.75, 3.05) is 13.2 Å². The third-order valence-corrected chi connectivity index (χ3v) is 4.50. The van der Waals surface area contributed by atoms with E-state index in [4.69, 9.17) is 10.5 Å². The summed E-state index contributed by atoms with van der Waals surface area (Å²) >= 11 is 0. The Kier molecular flexibility index (Phi) is 1.37. The van der Waals surface area contributed by atoms with Gasteiger partial charge in [-0.15, -0.1) is 0 Å². The maximum absolute atomic E-state index is 5.82. The molecule has 0 aromatic rings. The number of ether oxygens (including phenoxy) is 1. The maximum atomic E-state index is 5.82. The highest BCUT2D eigenvalue weighted by atomic mass is 16.5. The molecular weight excluding hydrogens is 150 g/mol. The van der Waals surface area contributed by atoms with Crippen LogP contribution in [-0.4, -0.2) is 19.3 Å². The fourth-order valence-electron chi connectivity index (χ4n) is 3.78. The van der Waals surface area contributed by atoms with Crippen molar-refractivity contribution in [1.29, 1.82) is 0 Å². The molecule has 1 heterocycles.